The number of carbonyl (C=O) groups excluding carboxylic acids is 2. The summed E-state index contributed by atoms with van der Waals surface area (Å²) in [6, 6.07) is 20.4. The molecule has 37 heavy (non-hydrogen) atoms. The molecule has 3 heterocycles. The van der Waals surface area contributed by atoms with E-state index in [0.29, 0.717) is 42.7 Å². The minimum atomic E-state index is -0.337. The second-order valence-electron chi connectivity index (χ2n) is 8.43. The molecular formula is C28H25N7O2. The van der Waals surface area contributed by atoms with Crippen LogP contribution in [0.1, 0.15) is 11.1 Å². The Balaban J connectivity index is 1.55. The van der Waals surface area contributed by atoms with E-state index >= 15 is 0 Å². The maximum absolute atomic E-state index is 14.0. The number of nitrogens with zero attached hydrogens (tertiary/aromatic N) is 5. The van der Waals surface area contributed by atoms with Crippen LogP contribution in [0.2, 0.25) is 0 Å². The van der Waals surface area contributed by atoms with E-state index in [1.54, 1.807) is 46.6 Å². The van der Waals surface area contributed by atoms with Crippen LogP contribution in [0.5, 0.6) is 0 Å². The third-order valence-corrected chi connectivity index (χ3v) is 5.86. The summed E-state index contributed by atoms with van der Waals surface area (Å²) in [4.78, 5) is 42.7. The van der Waals surface area contributed by atoms with Gasteiger partial charge in [-0.1, -0.05) is 43.0 Å². The Morgan fingerprint density at radius 3 is 2.65 bits per heavy atom. The standard InChI is InChI=1S/C28H25N7O2/c1-2-25(36)31-22-10-6-12-24(16-22)35-26-21(17-30-27(33-26)32-23-11-7-14-29-18-23)13-15-34(28(35)37)19-20-8-4-3-5-9-20/h2-12,14,16-18H,1,13,15,19H2,(H,31,36)(H,30,32,33). The zero-order valence-corrected chi connectivity index (χ0v) is 20.0. The van der Waals surface area contributed by atoms with Gasteiger partial charge in [0.2, 0.25) is 11.9 Å². The number of aromatic nitrogens is 3. The van der Waals surface area contributed by atoms with Crippen molar-refractivity contribution in [2.75, 3.05) is 22.1 Å². The van der Waals surface area contributed by atoms with Gasteiger partial charge in [0.05, 0.1) is 17.6 Å². The Hall–Kier alpha value is -5.05. The molecule has 2 aromatic heterocycles. The van der Waals surface area contributed by atoms with E-state index in [0.717, 1.165) is 16.8 Å². The molecule has 0 unspecified atom stereocenters. The summed E-state index contributed by atoms with van der Waals surface area (Å²) in [6.07, 6.45) is 6.89. The fraction of sp³-hybridized carbons (Fsp3) is 0.107. The number of hydrogen-bond acceptors (Lipinski definition) is 6. The first kappa shape index (κ1) is 23.7. The monoisotopic (exact) mass is 491 g/mol. The Bertz CT molecular complexity index is 1430. The van der Waals surface area contributed by atoms with Crippen LogP contribution >= 0.6 is 0 Å². The molecule has 0 fully saturated rings. The van der Waals surface area contributed by atoms with Gasteiger partial charge in [0.25, 0.3) is 0 Å². The van der Waals surface area contributed by atoms with Crippen LogP contribution in [0.15, 0.2) is 98.0 Å². The lowest BCUT2D eigenvalue weighted by Crippen LogP contribution is -2.40. The highest BCUT2D eigenvalue weighted by molar-refractivity contribution is 6.02. The van der Waals surface area contributed by atoms with Gasteiger partial charge in [0, 0.05) is 36.7 Å². The van der Waals surface area contributed by atoms with Crippen LogP contribution in [-0.4, -0.2) is 38.3 Å². The average molecular weight is 492 g/mol. The lowest BCUT2D eigenvalue weighted by Gasteiger charge is -2.28. The topological polar surface area (TPSA) is 103 Å². The van der Waals surface area contributed by atoms with E-state index < -0.39 is 0 Å². The molecule has 2 aromatic carbocycles. The number of benzene rings is 2. The van der Waals surface area contributed by atoms with Crippen LogP contribution in [0, 0.1) is 0 Å². The van der Waals surface area contributed by atoms with Crippen molar-refractivity contribution in [1.82, 2.24) is 19.9 Å². The number of urea groups is 1. The molecule has 2 N–H and O–H groups in total. The maximum atomic E-state index is 14.0. The van der Waals surface area contributed by atoms with Crippen molar-refractivity contribution in [3.8, 4) is 0 Å². The Morgan fingerprint density at radius 1 is 1.03 bits per heavy atom. The smallest absolute Gasteiger partial charge is 0.323 e. The predicted octanol–water partition coefficient (Wildman–Crippen LogP) is 5.06. The first-order chi connectivity index (χ1) is 18.1. The number of rotatable bonds is 7. The van der Waals surface area contributed by atoms with Crippen LogP contribution < -0.4 is 15.5 Å². The summed E-state index contributed by atoms with van der Waals surface area (Å²) in [5.74, 6) is 0.488. The zero-order valence-electron chi connectivity index (χ0n) is 20.0. The van der Waals surface area contributed by atoms with Crippen molar-refractivity contribution in [2.24, 2.45) is 0 Å². The molecule has 0 atom stereocenters. The molecule has 1 aliphatic heterocycles. The summed E-state index contributed by atoms with van der Waals surface area (Å²) in [5.41, 5.74) is 3.70. The van der Waals surface area contributed by atoms with Gasteiger partial charge in [-0.2, -0.15) is 4.98 Å². The second kappa shape index (κ2) is 10.7. The normalized spacial score (nSPS) is 12.9. The second-order valence-corrected chi connectivity index (χ2v) is 8.43. The summed E-state index contributed by atoms with van der Waals surface area (Å²) >= 11 is 0. The van der Waals surface area contributed by atoms with E-state index in [9.17, 15) is 9.59 Å². The Morgan fingerprint density at radius 2 is 1.86 bits per heavy atom. The molecule has 1 aliphatic rings. The number of fused-ring (bicyclic) bond motifs is 1. The summed E-state index contributed by atoms with van der Waals surface area (Å²) in [6.45, 7) is 4.46. The van der Waals surface area contributed by atoms with Gasteiger partial charge >= 0.3 is 6.03 Å². The van der Waals surface area contributed by atoms with Gasteiger partial charge in [-0.15, -0.1) is 0 Å². The maximum Gasteiger partial charge on any atom is 0.330 e. The first-order valence-electron chi connectivity index (χ1n) is 11.8. The number of hydrogen-bond donors (Lipinski definition) is 2. The Kier molecular flexibility index (Phi) is 6.84. The number of anilines is 5. The summed E-state index contributed by atoms with van der Waals surface area (Å²) in [5, 5.41) is 5.91. The molecule has 9 nitrogen and oxygen atoms in total. The van der Waals surface area contributed by atoms with E-state index in [4.69, 9.17) is 4.98 Å². The van der Waals surface area contributed by atoms with E-state index in [-0.39, 0.29) is 11.9 Å². The first-order valence-corrected chi connectivity index (χ1v) is 11.8. The van der Waals surface area contributed by atoms with E-state index in [1.165, 1.54) is 6.08 Å². The largest absolute Gasteiger partial charge is 0.330 e. The number of nitrogens with one attached hydrogen (secondary N) is 2. The molecule has 0 radical (unpaired) electrons. The highest BCUT2D eigenvalue weighted by atomic mass is 16.2. The molecule has 4 aromatic rings. The van der Waals surface area contributed by atoms with Crippen molar-refractivity contribution < 1.29 is 9.59 Å². The van der Waals surface area contributed by atoms with Gasteiger partial charge in [0.15, 0.2) is 0 Å². The van der Waals surface area contributed by atoms with Crippen LogP contribution in [0.4, 0.5) is 33.6 Å². The van der Waals surface area contributed by atoms with Gasteiger partial charge in [-0.25, -0.2) is 14.7 Å². The third kappa shape index (κ3) is 5.46. The Labute approximate surface area is 214 Å². The lowest BCUT2D eigenvalue weighted by molar-refractivity contribution is -0.111. The molecule has 0 saturated carbocycles. The minimum absolute atomic E-state index is 0.221. The van der Waals surface area contributed by atoms with Gasteiger partial charge < -0.3 is 15.5 Å². The minimum Gasteiger partial charge on any atom is -0.323 e. The van der Waals surface area contributed by atoms with Crippen molar-refractivity contribution in [3.63, 3.8) is 0 Å². The summed E-state index contributed by atoms with van der Waals surface area (Å²) < 4.78 is 0. The van der Waals surface area contributed by atoms with Crippen molar-refractivity contribution in [3.05, 3.63) is 109 Å². The average Bonchev–Trinajstić information content (AvgIpc) is 3.06. The highest BCUT2D eigenvalue weighted by Gasteiger charge is 2.31. The van der Waals surface area contributed by atoms with Crippen LogP contribution in [0.3, 0.4) is 0 Å². The van der Waals surface area contributed by atoms with E-state index in [1.807, 2.05) is 48.5 Å². The van der Waals surface area contributed by atoms with Crippen molar-refractivity contribution in [2.45, 2.75) is 13.0 Å². The highest BCUT2D eigenvalue weighted by Crippen LogP contribution is 2.34. The fourth-order valence-corrected chi connectivity index (χ4v) is 4.08. The number of amides is 3. The van der Waals surface area contributed by atoms with Crippen molar-refractivity contribution >= 4 is 40.8 Å². The molecule has 0 aliphatic carbocycles. The molecule has 3 amide bonds. The van der Waals surface area contributed by atoms with Crippen LogP contribution in [-0.2, 0) is 17.8 Å². The van der Waals surface area contributed by atoms with Crippen molar-refractivity contribution in [1.29, 1.82) is 0 Å². The molecule has 0 spiro atoms. The number of carbonyl (C=O) groups is 2. The zero-order chi connectivity index (χ0) is 25.6. The van der Waals surface area contributed by atoms with E-state index in [2.05, 4.69) is 27.2 Å². The molecule has 9 heteroatoms. The SMILES string of the molecule is C=CC(=O)Nc1cccc(N2C(=O)N(Cc3ccccc3)CCc3cnc(Nc4cccnc4)nc32)c1. The number of pyridine rings is 1. The lowest BCUT2D eigenvalue weighted by atomic mass is 10.2. The molecular weight excluding hydrogens is 466 g/mol. The molecule has 0 bridgehead atoms. The molecule has 5 rings (SSSR count). The van der Waals surface area contributed by atoms with Gasteiger partial charge in [-0.05, 0) is 48.4 Å². The van der Waals surface area contributed by atoms with Gasteiger partial charge in [-0.3, -0.25) is 9.78 Å². The van der Waals surface area contributed by atoms with Crippen LogP contribution in [0.25, 0.3) is 0 Å². The van der Waals surface area contributed by atoms with Gasteiger partial charge in [0.1, 0.15) is 5.82 Å². The predicted molar refractivity (Wildman–Crippen MR) is 143 cm³/mol. The molecule has 0 saturated heterocycles. The quantitative estimate of drug-likeness (QED) is 0.351. The molecule has 184 valence electrons. The fourth-order valence-electron chi connectivity index (χ4n) is 4.08. The summed E-state index contributed by atoms with van der Waals surface area (Å²) in [7, 11) is 0. The third-order valence-electron chi connectivity index (χ3n) is 5.86.